The number of alkyl halides is 1. The molecule has 0 atom stereocenters. The summed E-state index contributed by atoms with van der Waals surface area (Å²) in [6.07, 6.45) is 2.09. The van der Waals surface area contributed by atoms with Gasteiger partial charge in [0.2, 0.25) is 11.8 Å². The Morgan fingerprint density at radius 1 is 1.33 bits per heavy atom. The Hall–Kier alpha value is -0.770. The maximum Gasteiger partial charge on any atom is 0.239 e. The van der Waals surface area contributed by atoms with Crippen LogP contribution >= 0.6 is 11.6 Å². The minimum Gasteiger partial charge on any atom is -0.358 e. The lowest BCUT2D eigenvalue weighted by Gasteiger charge is -2.19. The number of unbranched alkanes of at least 4 members (excludes halogenated alkanes) is 1. The quantitative estimate of drug-likeness (QED) is 0.528. The van der Waals surface area contributed by atoms with Gasteiger partial charge in [0, 0.05) is 25.9 Å². The van der Waals surface area contributed by atoms with Gasteiger partial charge in [-0.25, -0.2) is 0 Å². The highest BCUT2D eigenvalue weighted by Gasteiger charge is 2.13. The maximum absolute atomic E-state index is 11.6. The highest BCUT2D eigenvalue weighted by molar-refractivity contribution is 6.17. The molecule has 4 nitrogen and oxygen atoms in total. The number of carbonyl (C=O) groups excluding carboxylic acids is 2. The van der Waals surface area contributed by atoms with Gasteiger partial charge in [0.15, 0.2) is 0 Å². The number of amides is 2. The Morgan fingerprint density at radius 3 is 2.47 bits per heavy atom. The molecule has 1 N–H and O–H groups in total. The van der Waals surface area contributed by atoms with E-state index in [1.165, 1.54) is 0 Å². The number of rotatable bonds is 7. The second-order valence-corrected chi connectivity index (χ2v) is 3.61. The summed E-state index contributed by atoms with van der Waals surface area (Å²) in [5.41, 5.74) is 0. The third kappa shape index (κ3) is 6.33. The number of nitrogens with zero attached hydrogens (tertiary/aromatic N) is 1. The molecule has 0 bridgehead atoms. The van der Waals surface area contributed by atoms with Crippen molar-refractivity contribution in [3.63, 3.8) is 0 Å². The van der Waals surface area contributed by atoms with Gasteiger partial charge >= 0.3 is 0 Å². The summed E-state index contributed by atoms with van der Waals surface area (Å²) in [7, 11) is 1.56. The van der Waals surface area contributed by atoms with E-state index in [0.717, 1.165) is 12.8 Å². The van der Waals surface area contributed by atoms with E-state index < -0.39 is 0 Å². The van der Waals surface area contributed by atoms with Gasteiger partial charge in [-0.15, -0.1) is 11.6 Å². The van der Waals surface area contributed by atoms with Crippen LogP contribution in [0.15, 0.2) is 0 Å². The van der Waals surface area contributed by atoms with Crippen LogP contribution < -0.4 is 5.32 Å². The molecule has 88 valence electrons. The minimum atomic E-state index is -0.137. The number of halogens is 1. The molecule has 0 heterocycles. The van der Waals surface area contributed by atoms with Gasteiger partial charge < -0.3 is 10.2 Å². The van der Waals surface area contributed by atoms with Crippen LogP contribution in [0.1, 0.15) is 26.2 Å². The molecule has 15 heavy (non-hydrogen) atoms. The molecule has 0 unspecified atom stereocenters. The Morgan fingerprint density at radius 2 is 2.00 bits per heavy atom. The zero-order valence-electron chi connectivity index (χ0n) is 9.38. The van der Waals surface area contributed by atoms with Crippen LogP contribution in [0.4, 0.5) is 0 Å². The van der Waals surface area contributed by atoms with E-state index in [2.05, 4.69) is 5.32 Å². The van der Waals surface area contributed by atoms with Crippen LogP contribution in [-0.2, 0) is 9.59 Å². The number of hydrogen-bond acceptors (Lipinski definition) is 2. The number of nitrogens with one attached hydrogen (secondary N) is 1. The Labute approximate surface area is 96.0 Å². The SMILES string of the molecule is CCN(CC(=O)NC)C(=O)CCCCCl. The smallest absolute Gasteiger partial charge is 0.239 e. The van der Waals surface area contributed by atoms with Gasteiger partial charge in [0.25, 0.3) is 0 Å². The first-order chi connectivity index (χ1) is 7.15. The lowest BCUT2D eigenvalue weighted by molar-refractivity contribution is -0.135. The Kier molecular flexibility index (Phi) is 8.09. The van der Waals surface area contributed by atoms with Crippen LogP contribution in [0, 0.1) is 0 Å². The summed E-state index contributed by atoms with van der Waals surface area (Å²) in [5.74, 6) is 0.461. The lowest BCUT2D eigenvalue weighted by Crippen LogP contribution is -2.39. The van der Waals surface area contributed by atoms with E-state index in [4.69, 9.17) is 11.6 Å². The number of hydrogen-bond donors (Lipinski definition) is 1. The summed E-state index contributed by atoms with van der Waals surface area (Å²) in [5, 5.41) is 2.50. The van der Waals surface area contributed by atoms with Crippen LogP contribution in [-0.4, -0.2) is 42.7 Å². The summed E-state index contributed by atoms with van der Waals surface area (Å²) >= 11 is 5.52. The van der Waals surface area contributed by atoms with Crippen molar-refractivity contribution in [2.45, 2.75) is 26.2 Å². The summed E-state index contributed by atoms with van der Waals surface area (Å²) in [4.78, 5) is 24.2. The maximum atomic E-state index is 11.6. The van der Waals surface area contributed by atoms with E-state index >= 15 is 0 Å². The Balaban J connectivity index is 3.93. The fourth-order valence-electron chi connectivity index (χ4n) is 1.16. The van der Waals surface area contributed by atoms with E-state index in [9.17, 15) is 9.59 Å². The van der Waals surface area contributed by atoms with Crippen molar-refractivity contribution < 1.29 is 9.59 Å². The monoisotopic (exact) mass is 234 g/mol. The molecule has 0 aliphatic heterocycles. The third-order valence-corrected chi connectivity index (χ3v) is 2.39. The summed E-state index contributed by atoms with van der Waals surface area (Å²) < 4.78 is 0. The Bertz CT molecular complexity index is 210. The van der Waals surface area contributed by atoms with Crippen LogP contribution in [0.5, 0.6) is 0 Å². The van der Waals surface area contributed by atoms with E-state index in [1.807, 2.05) is 6.92 Å². The standard InChI is InChI=1S/C10H19ClN2O2/c1-3-13(8-9(14)12-2)10(15)6-4-5-7-11/h3-8H2,1-2H3,(H,12,14). The van der Waals surface area contributed by atoms with Crippen molar-refractivity contribution in [1.29, 1.82) is 0 Å². The topological polar surface area (TPSA) is 49.4 Å². The van der Waals surface area contributed by atoms with Gasteiger partial charge in [-0.1, -0.05) is 0 Å². The number of likely N-dealkylation sites (N-methyl/N-ethyl adjacent to an activating group) is 2. The predicted molar refractivity (Wildman–Crippen MR) is 60.9 cm³/mol. The molecule has 0 aromatic rings. The fourth-order valence-corrected chi connectivity index (χ4v) is 1.35. The molecule has 5 heteroatoms. The molecule has 0 aromatic heterocycles. The molecule has 0 aliphatic carbocycles. The largest absolute Gasteiger partial charge is 0.358 e. The van der Waals surface area contributed by atoms with Gasteiger partial charge in [-0.2, -0.15) is 0 Å². The number of carbonyl (C=O) groups is 2. The van der Waals surface area contributed by atoms with Crippen molar-refractivity contribution in [3.05, 3.63) is 0 Å². The third-order valence-electron chi connectivity index (χ3n) is 2.12. The second kappa shape index (κ2) is 8.53. The molecular formula is C10H19ClN2O2. The molecule has 2 amide bonds. The second-order valence-electron chi connectivity index (χ2n) is 3.23. The van der Waals surface area contributed by atoms with E-state index in [0.29, 0.717) is 18.8 Å². The van der Waals surface area contributed by atoms with Gasteiger partial charge in [-0.05, 0) is 19.8 Å². The predicted octanol–water partition coefficient (Wildman–Crippen LogP) is 0.990. The highest BCUT2D eigenvalue weighted by atomic mass is 35.5. The van der Waals surface area contributed by atoms with Crippen molar-refractivity contribution in [2.24, 2.45) is 0 Å². The lowest BCUT2D eigenvalue weighted by atomic mass is 10.2. The zero-order chi connectivity index (χ0) is 11.7. The van der Waals surface area contributed by atoms with E-state index in [-0.39, 0.29) is 18.4 Å². The van der Waals surface area contributed by atoms with Crippen LogP contribution in [0.25, 0.3) is 0 Å². The zero-order valence-corrected chi connectivity index (χ0v) is 10.1. The summed E-state index contributed by atoms with van der Waals surface area (Å²) in [6, 6.07) is 0. The molecule has 0 saturated carbocycles. The molecule has 0 rings (SSSR count). The molecule has 0 aliphatic rings. The minimum absolute atomic E-state index is 0.0196. The van der Waals surface area contributed by atoms with Crippen molar-refractivity contribution in [2.75, 3.05) is 26.0 Å². The molecule has 0 saturated heterocycles. The van der Waals surface area contributed by atoms with Crippen molar-refractivity contribution in [3.8, 4) is 0 Å². The first-order valence-electron chi connectivity index (χ1n) is 5.20. The van der Waals surface area contributed by atoms with Crippen LogP contribution in [0.3, 0.4) is 0 Å². The van der Waals surface area contributed by atoms with Crippen molar-refractivity contribution >= 4 is 23.4 Å². The molecule has 0 radical (unpaired) electrons. The molecular weight excluding hydrogens is 216 g/mol. The van der Waals surface area contributed by atoms with E-state index in [1.54, 1.807) is 11.9 Å². The normalized spacial score (nSPS) is 9.80. The first kappa shape index (κ1) is 14.2. The summed E-state index contributed by atoms with van der Waals surface area (Å²) in [6.45, 7) is 2.57. The highest BCUT2D eigenvalue weighted by Crippen LogP contribution is 2.01. The first-order valence-corrected chi connectivity index (χ1v) is 5.73. The van der Waals surface area contributed by atoms with Crippen LogP contribution in [0.2, 0.25) is 0 Å². The molecule has 0 spiro atoms. The fraction of sp³-hybridized carbons (Fsp3) is 0.800. The van der Waals surface area contributed by atoms with Crippen molar-refractivity contribution in [1.82, 2.24) is 10.2 Å². The average Bonchev–Trinajstić information content (AvgIpc) is 2.25. The van der Waals surface area contributed by atoms with Gasteiger partial charge in [0.05, 0.1) is 6.54 Å². The molecule has 0 fully saturated rings. The average molecular weight is 235 g/mol. The molecule has 0 aromatic carbocycles. The van der Waals surface area contributed by atoms with Gasteiger partial charge in [0.1, 0.15) is 0 Å². The van der Waals surface area contributed by atoms with Gasteiger partial charge in [-0.3, -0.25) is 9.59 Å².